The number of aryl methyl sites for hydroxylation is 1. The Bertz CT molecular complexity index is 971. The van der Waals surface area contributed by atoms with Crippen LogP contribution in [0, 0.1) is 11.7 Å². The van der Waals surface area contributed by atoms with E-state index >= 15 is 0 Å². The van der Waals surface area contributed by atoms with Crippen LogP contribution in [-0.2, 0) is 6.42 Å². The van der Waals surface area contributed by atoms with Gasteiger partial charge in [0, 0.05) is 27.5 Å². The van der Waals surface area contributed by atoms with Crippen LogP contribution in [-0.4, -0.2) is 11.0 Å². The Morgan fingerprint density at radius 3 is 2.92 bits per heavy atom. The van der Waals surface area contributed by atoms with Crippen molar-refractivity contribution in [3.8, 4) is 0 Å². The molecule has 1 N–H and O–H groups in total. The fourth-order valence-electron chi connectivity index (χ4n) is 4.58. The summed E-state index contributed by atoms with van der Waals surface area (Å²) in [5.41, 5.74) is 3.04. The predicted octanol–water partition coefficient (Wildman–Crippen LogP) is 5.67. The molecule has 3 atom stereocenters. The predicted molar refractivity (Wildman–Crippen MR) is 102 cm³/mol. The molecule has 2 aliphatic carbocycles. The second kappa shape index (κ2) is 5.80. The summed E-state index contributed by atoms with van der Waals surface area (Å²) < 4.78 is 15.0. The molecule has 4 heteroatoms. The highest BCUT2D eigenvalue weighted by Crippen LogP contribution is 2.50. The Hall–Kier alpha value is -1.94. The topological polar surface area (TPSA) is 24.9 Å². The average molecular weight is 397 g/mol. The van der Waals surface area contributed by atoms with E-state index in [-0.39, 0.29) is 5.82 Å². The van der Waals surface area contributed by atoms with Gasteiger partial charge in [0.15, 0.2) is 0 Å². The van der Waals surface area contributed by atoms with Crippen LogP contribution in [0.2, 0.25) is 0 Å². The number of hydrogen-bond acceptors (Lipinski definition) is 2. The summed E-state index contributed by atoms with van der Waals surface area (Å²) >= 11 is 3.39. The molecule has 3 unspecified atom stereocenters. The van der Waals surface area contributed by atoms with Gasteiger partial charge in [-0.15, -0.1) is 0 Å². The molecule has 126 valence electrons. The lowest BCUT2D eigenvalue weighted by molar-refractivity contribution is 0.194. The summed E-state index contributed by atoms with van der Waals surface area (Å²) in [6, 6.07) is 14.4. The van der Waals surface area contributed by atoms with Crippen molar-refractivity contribution < 1.29 is 4.39 Å². The zero-order valence-electron chi connectivity index (χ0n) is 13.7. The van der Waals surface area contributed by atoms with E-state index in [1.165, 1.54) is 23.6 Å². The van der Waals surface area contributed by atoms with E-state index in [4.69, 9.17) is 0 Å². The minimum absolute atomic E-state index is 0.215. The lowest BCUT2D eigenvalue weighted by Crippen LogP contribution is -2.47. The zero-order chi connectivity index (χ0) is 17.0. The van der Waals surface area contributed by atoms with Crippen LogP contribution in [0.4, 0.5) is 10.2 Å². The molecule has 1 heterocycles. The van der Waals surface area contributed by atoms with Gasteiger partial charge < -0.3 is 5.32 Å². The number of nitrogens with zero attached hydrogens (tertiary/aromatic N) is 1. The summed E-state index contributed by atoms with van der Waals surface area (Å²) in [5, 5.41) is 5.07. The molecular weight excluding hydrogens is 379 g/mol. The maximum absolute atomic E-state index is 14.2. The summed E-state index contributed by atoms with van der Waals surface area (Å²) in [5.74, 6) is 1.87. The Morgan fingerprint density at radius 2 is 2.00 bits per heavy atom. The monoisotopic (exact) mass is 396 g/mol. The third-order valence-electron chi connectivity index (χ3n) is 5.86. The largest absolute Gasteiger partial charge is 0.367 e. The third-order valence-corrected chi connectivity index (χ3v) is 6.32. The fourth-order valence-corrected chi connectivity index (χ4v) is 5.01. The molecule has 0 spiro atoms. The van der Waals surface area contributed by atoms with E-state index in [0.717, 1.165) is 28.5 Å². The quantitative estimate of drug-likeness (QED) is 0.603. The first-order valence-electron chi connectivity index (χ1n) is 8.79. The fraction of sp³-hybridized carbons (Fsp3) is 0.286. The van der Waals surface area contributed by atoms with Crippen molar-refractivity contribution in [1.82, 2.24) is 4.98 Å². The molecule has 0 bridgehead atoms. The summed E-state index contributed by atoms with van der Waals surface area (Å²) in [6.07, 6.45) is 5.17. The van der Waals surface area contributed by atoms with Gasteiger partial charge in [-0.25, -0.2) is 9.37 Å². The van der Waals surface area contributed by atoms with E-state index in [2.05, 4.69) is 50.5 Å². The van der Waals surface area contributed by atoms with Crippen molar-refractivity contribution in [3.05, 3.63) is 70.1 Å². The van der Waals surface area contributed by atoms with Crippen molar-refractivity contribution in [2.24, 2.45) is 5.92 Å². The first kappa shape index (κ1) is 15.3. The van der Waals surface area contributed by atoms with Crippen molar-refractivity contribution in [1.29, 1.82) is 0 Å². The van der Waals surface area contributed by atoms with Gasteiger partial charge in [0.05, 0.1) is 0 Å². The highest BCUT2D eigenvalue weighted by Gasteiger charge is 2.44. The van der Waals surface area contributed by atoms with Crippen LogP contribution >= 0.6 is 15.9 Å². The average Bonchev–Trinajstić information content (AvgIpc) is 2.59. The Labute approximate surface area is 154 Å². The molecule has 0 saturated heterocycles. The number of aromatic nitrogens is 1. The molecule has 2 aromatic carbocycles. The molecule has 0 aliphatic heterocycles. The minimum atomic E-state index is -0.215. The van der Waals surface area contributed by atoms with Crippen LogP contribution in [0.25, 0.3) is 10.8 Å². The van der Waals surface area contributed by atoms with Gasteiger partial charge in [0.2, 0.25) is 0 Å². The summed E-state index contributed by atoms with van der Waals surface area (Å²) in [7, 11) is 0. The molecule has 1 aromatic heterocycles. The van der Waals surface area contributed by atoms with E-state index in [0.29, 0.717) is 23.3 Å². The molecule has 5 rings (SSSR count). The number of anilines is 1. The number of benzene rings is 2. The lowest BCUT2D eigenvalue weighted by atomic mass is 9.60. The van der Waals surface area contributed by atoms with Crippen LogP contribution in [0.1, 0.15) is 29.9 Å². The van der Waals surface area contributed by atoms with Crippen LogP contribution in [0.3, 0.4) is 0 Å². The van der Waals surface area contributed by atoms with Gasteiger partial charge in [0.1, 0.15) is 11.6 Å². The van der Waals surface area contributed by atoms with Gasteiger partial charge in [0.25, 0.3) is 0 Å². The molecule has 1 fully saturated rings. The second-order valence-electron chi connectivity index (χ2n) is 7.14. The molecule has 0 amide bonds. The molecule has 3 aromatic rings. The summed E-state index contributed by atoms with van der Waals surface area (Å²) in [4.78, 5) is 4.49. The Balaban J connectivity index is 1.44. The molecular formula is C21H18BrFN2. The van der Waals surface area contributed by atoms with E-state index < -0.39 is 0 Å². The lowest BCUT2D eigenvalue weighted by Gasteiger charge is -2.49. The number of fused-ring (bicyclic) bond motifs is 4. The number of rotatable bonds is 2. The van der Waals surface area contributed by atoms with Crippen molar-refractivity contribution in [3.63, 3.8) is 0 Å². The Kier molecular flexibility index (Phi) is 3.56. The number of pyridine rings is 1. The van der Waals surface area contributed by atoms with E-state index in [9.17, 15) is 4.39 Å². The number of hydrogen-bond donors (Lipinski definition) is 1. The third kappa shape index (κ3) is 2.46. The highest BCUT2D eigenvalue weighted by molar-refractivity contribution is 9.10. The SMILES string of the molecule is Fc1cc(Br)cc2c(NC3CC4c5ccccc5CCC34)nccc12. The van der Waals surface area contributed by atoms with Crippen LogP contribution in [0.5, 0.6) is 0 Å². The maximum Gasteiger partial charge on any atom is 0.134 e. The molecule has 25 heavy (non-hydrogen) atoms. The van der Waals surface area contributed by atoms with Crippen molar-refractivity contribution in [2.75, 3.05) is 5.32 Å². The second-order valence-corrected chi connectivity index (χ2v) is 8.05. The first-order valence-corrected chi connectivity index (χ1v) is 9.58. The van der Waals surface area contributed by atoms with E-state index in [1.807, 2.05) is 6.07 Å². The standard InChI is InChI=1S/C21H18BrFN2/c22-13-9-18-15(19(23)10-13)7-8-24-21(18)25-20-11-17-14-4-2-1-3-12(14)5-6-16(17)20/h1-4,7-10,16-17,20H,5-6,11H2,(H,24,25). The molecule has 0 radical (unpaired) electrons. The molecule has 2 nitrogen and oxygen atoms in total. The number of halogens is 2. The van der Waals surface area contributed by atoms with Crippen molar-refractivity contribution in [2.45, 2.75) is 31.2 Å². The number of nitrogens with one attached hydrogen (secondary N) is 1. The van der Waals surface area contributed by atoms with Gasteiger partial charge in [-0.1, -0.05) is 40.2 Å². The summed E-state index contributed by atoms with van der Waals surface area (Å²) in [6.45, 7) is 0. The smallest absolute Gasteiger partial charge is 0.134 e. The zero-order valence-corrected chi connectivity index (χ0v) is 15.3. The normalized spacial score (nSPS) is 24.3. The maximum atomic E-state index is 14.2. The van der Waals surface area contributed by atoms with E-state index in [1.54, 1.807) is 12.3 Å². The van der Waals surface area contributed by atoms with Crippen LogP contribution < -0.4 is 5.32 Å². The molecule has 1 saturated carbocycles. The van der Waals surface area contributed by atoms with Gasteiger partial charge in [-0.2, -0.15) is 0 Å². The highest BCUT2D eigenvalue weighted by atomic mass is 79.9. The first-order chi connectivity index (χ1) is 12.2. The van der Waals surface area contributed by atoms with Gasteiger partial charge in [-0.3, -0.25) is 0 Å². The molecule has 2 aliphatic rings. The minimum Gasteiger partial charge on any atom is -0.367 e. The van der Waals surface area contributed by atoms with Crippen molar-refractivity contribution >= 4 is 32.5 Å². The van der Waals surface area contributed by atoms with Gasteiger partial charge in [-0.05, 0) is 60.4 Å². The Morgan fingerprint density at radius 1 is 1.12 bits per heavy atom. The van der Waals surface area contributed by atoms with Crippen LogP contribution in [0.15, 0.2) is 53.1 Å². The van der Waals surface area contributed by atoms with Gasteiger partial charge >= 0.3 is 0 Å².